The van der Waals surface area contributed by atoms with Crippen LogP contribution in [0.4, 0.5) is 0 Å². The average Bonchev–Trinajstić information content (AvgIpc) is 3.08. The molecule has 5 heteroatoms. The highest BCUT2D eigenvalue weighted by Crippen LogP contribution is 2.61. The Balaban J connectivity index is 1.46. The minimum absolute atomic E-state index is 0.0422. The summed E-state index contributed by atoms with van der Waals surface area (Å²) in [5.74, 6) is 2.48. The first-order chi connectivity index (χ1) is 14.1. The summed E-state index contributed by atoms with van der Waals surface area (Å²) >= 11 is 0. The molecule has 160 valence electrons. The van der Waals surface area contributed by atoms with E-state index in [1.165, 1.54) is 43.9 Å². The van der Waals surface area contributed by atoms with E-state index in [1.807, 2.05) is 6.07 Å². The van der Waals surface area contributed by atoms with Crippen LogP contribution in [0.5, 0.6) is 5.75 Å². The van der Waals surface area contributed by atoms with Crippen LogP contribution in [0.2, 0.25) is 0 Å². The molecule has 3 aliphatic rings. The Labute approximate surface area is 173 Å². The van der Waals surface area contributed by atoms with Gasteiger partial charge in [-0.2, -0.15) is 0 Å². The first kappa shape index (κ1) is 20.7. The molecule has 0 saturated heterocycles. The zero-order valence-corrected chi connectivity index (χ0v) is 17.7. The monoisotopic (exact) mass is 402 g/mol. The number of methoxy groups -OCH3 is 1. The number of aryl methyl sites for hydroxylation is 1. The second kappa shape index (κ2) is 8.65. The molecule has 0 aliphatic heterocycles. The van der Waals surface area contributed by atoms with Gasteiger partial charge < -0.3 is 19.3 Å². The van der Waals surface area contributed by atoms with Crippen LogP contribution < -0.4 is 4.74 Å². The number of aliphatic hydroxyl groups excluding tert-OH is 1. The van der Waals surface area contributed by atoms with Crippen LogP contribution in [0.1, 0.15) is 62.5 Å². The largest absolute Gasteiger partial charge is 0.482 e. The van der Waals surface area contributed by atoms with Crippen LogP contribution in [-0.2, 0) is 20.7 Å². The van der Waals surface area contributed by atoms with E-state index >= 15 is 0 Å². The van der Waals surface area contributed by atoms with Crippen molar-refractivity contribution in [1.29, 1.82) is 0 Å². The lowest BCUT2D eigenvalue weighted by molar-refractivity contribution is -0.142. The zero-order valence-electron chi connectivity index (χ0n) is 17.7. The predicted octanol–water partition coefficient (Wildman–Crippen LogP) is 3.86. The van der Waals surface area contributed by atoms with Crippen molar-refractivity contribution in [2.45, 2.75) is 63.9 Å². The van der Waals surface area contributed by atoms with Crippen molar-refractivity contribution in [3.05, 3.63) is 29.3 Å². The van der Waals surface area contributed by atoms with Gasteiger partial charge in [0.2, 0.25) is 0 Å². The van der Waals surface area contributed by atoms with Crippen molar-refractivity contribution >= 4 is 5.97 Å². The van der Waals surface area contributed by atoms with Gasteiger partial charge in [-0.3, -0.25) is 0 Å². The maximum absolute atomic E-state index is 11.3. The van der Waals surface area contributed by atoms with Crippen molar-refractivity contribution in [3.8, 4) is 5.75 Å². The van der Waals surface area contributed by atoms with Crippen molar-refractivity contribution in [2.75, 3.05) is 26.9 Å². The molecule has 1 aromatic carbocycles. The fraction of sp³-hybridized carbons (Fsp3) is 0.708. The molecule has 4 rings (SSSR count). The van der Waals surface area contributed by atoms with Crippen molar-refractivity contribution in [3.63, 3.8) is 0 Å². The molecule has 2 saturated carbocycles. The minimum atomic E-state index is -0.355. The summed E-state index contributed by atoms with van der Waals surface area (Å²) in [5, 5.41) is 9.07. The van der Waals surface area contributed by atoms with Gasteiger partial charge in [0.1, 0.15) is 5.75 Å². The normalized spacial score (nSPS) is 32.8. The molecule has 0 bridgehead atoms. The van der Waals surface area contributed by atoms with Gasteiger partial charge in [-0.05, 0) is 91.4 Å². The number of esters is 1. The van der Waals surface area contributed by atoms with E-state index < -0.39 is 0 Å². The molecule has 5 atom stereocenters. The van der Waals surface area contributed by atoms with Gasteiger partial charge in [0.15, 0.2) is 6.61 Å². The second-order valence-electron chi connectivity index (χ2n) is 9.20. The third-order valence-electron chi connectivity index (χ3n) is 7.82. The number of carbonyl (C=O) groups is 1. The molecule has 0 aromatic heterocycles. The summed E-state index contributed by atoms with van der Waals surface area (Å²) in [5.41, 5.74) is 3.14. The number of hydrogen-bond acceptors (Lipinski definition) is 5. The Morgan fingerprint density at radius 3 is 2.90 bits per heavy atom. The number of aliphatic hydroxyl groups is 1. The molecule has 3 aliphatic carbocycles. The van der Waals surface area contributed by atoms with Crippen molar-refractivity contribution in [2.24, 2.45) is 17.3 Å². The van der Waals surface area contributed by atoms with E-state index in [4.69, 9.17) is 14.6 Å². The number of rotatable bonds is 7. The van der Waals surface area contributed by atoms with Gasteiger partial charge in [0.05, 0.1) is 13.2 Å². The van der Waals surface area contributed by atoms with Gasteiger partial charge in [0, 0.05) is 13.2 Å². The average molecular weight is 403 g/mol. The molecule has 1 N–H and O–H groups in total. The number of carbonyl (C=O) groups excluding carboxylic acids is 1. The van der Waals surface area contributed by atoms with Gasteiger partial charge in [0.25, 0.3) is 0 Å². The van der Waals surface area contributed by atoms with E-state index in [2.05, 4.69) is 23.8 Å². The van der Waals surface area contributed by atoms with Gasteiger partial charge in [-0.15, -0.1) is 0 Å². The molecule has 0 radical (unpaired) electrons. The summed E-state index contributed by atoms with van der Waals surface area (Å²) in [6.07, 6.45) is 8.22. The third-order valence-corrected chi connectivity index (χ3v) is 7.82. The summed E-state index contributed by atoms with van der Waals surface area (Å²) < 4.78 is 16.5. The van der Waals surface area contributed by atoms with Crippen LogP contribution in [-0.4, -0.2) is 44.1 Å². The fourth-order valence-electron chi connectivity index (χ4n) is 6.37. The van der Waals surface area contributed by atoms with Gasteiger partial charge >= 0.3 is 5.97 Å². The Morgan fingerprint density at radius 1 is 1.24 bits per heavy atom. The Bertz CT molecular complexity index is 732. The number of hydrogen-bond donors (Lipinski definition) is 1. The zero-order chi connectivity index (χ0) is 20.4. The highest BCUT2D eigenvalue weighted by Gasteiger charge is 2.55. The van der Waals surface area contributed by atoms with Crippen molar-refractivity contribution in [1.82, 2.24) is 0 Å². The first-order valence-corrected chi connectivity index (χ1v) is 11.1. The Morgan fingerprint density at radius 2 is 2.10 bits per heavy atom. The standard InChI is InChI=1S/C24H34O5/c1-24-11-10-19-18-7-5-17(29-15-23(26)27-2)14-16(18)4-6-20(19)21(24)8-9-22(24)28-13-3-12-25/h5,7,14,19-22,25H,3-4,6,8-13,15H2,1-2H3. The molecule has 5 unspecified atom stereocenters. The minimum Gasteiger partial charge on any atom is -0.482 e. The molecular weight excluding hydrogens is 368 g/mol. The van der Waals surface area contributed by atoms with Crippen LogP contribution in [0.25, 0.3) is 0 Å². The third kappa shape index (κ3) is 3.91. The molecule has 29 heavy (non-hydrogen) atoms. The fourth-order valence-corrected chi connectivity index (χ4v) is 6.37. The van der Waals surface area contributed by atoms with Gasteiger partial charge in [-0.25, -0.2) is 4.79 Å². The lowest BCUT2D eigenvalue weighted by atomic mass is 9.55. The van der Waals surface area contributed by atoms with E-state index in [0.29, 0.717) is 18.6 Å². The highest BCUT2D eigenvalue weighted by atomic mass is 16.6. The quantitative estimate of drug-likeness (QED) is 0.554. The van der Waals surface area contributed by atoms with Crippen LogP contribution in [0.3, 0.4) is 0 Å². The molecule has 0 amide bonds. The Hall–Kier alpha value is -1.59. The summed E-state index contributed by atoms with van der Waals surface area (Å²) in [6, 6.07) is 6.36. The molecule has 0 heterocycles. The summed E-state index contributed by atoms with van der Waals surface area (Å²) in [7, 11) is 1.38. The molecule has 2 fully saturated rings. The molecule has 1 aromatic rings. The van der Waals surface area contributed by atoms with Crippen molar-refractivity contribution < 1.29 is 24.1 Å². The van der Waals surface area contributed by atoms with E-state index in [9.17, 15) is 4.79 Å². The second-order valence-corrected chi connectivity index (χ2v) is 9.20. The van der Waals surface area contributed by atoms with Crippen LogP contribution >= 0.6 is 0 Å². The number of ether oxygens (including phenoxy) is 3. The Kier molecular flexibility index (Phi) is 6.16. The van der Waals surface area contributed by atoms with E-state index in [1.54, 1.807) is 0 Å². The molecular formula is C24H34O5. The lowest BCUT2D eigenvalue weighted by Crippen LogP contribution is -2.44. The molecule has 0 spiro atoms. The number of fused-ring (bicyclic) bond motifs is 5. The highest BCUT2D eigenvalue weighted by molar-refractivity contribution is 5.70. The van der Waals surface area contributed by atoms with Crippen LogP contribution in [0, 0.1) is 17.3 Å². The maximum Gasteiger partial charge on any atom is 0.343 e. The van der Waals surface area contributed by atoms with E-state index in [0.717, 1.165) is 36.8 Å². The topological polar surface area (TPSA) is 65.0 Å². The summed E-state index contributed by atoms with van der Waals surface area (Å²) in [4.78, 5) is 11.3. The smallest absolute Gasteiger partial charge is 0.343 e. The van der Waals surface area contributed by atoms with E-state index in [-0.39, 0.29) is 24.6 Å². The van der Waals surface area contributed by atoms with Crippen LogP contribution in [0.15, 0.2) is 18.2 Å². The van der Waals surface area contributed by atoms with Gasteiger partial charge in [-0.1, -0.05) is 13.0 Å². The number of benzene rings is 1. The first-order valence-electron chi connectivity index (χ1n) is 11.1. The summed E-state index contributed by atoms with van der Waals surface area (Å²) in [6.45, 7) is 3.29. The lowest BCUT2D eigenvalue weighted by Gasteiger charge is -2.50. The SMILES string of the molecule is COC(=O)COc1ccc2c(c1)CCC1C2CCC2(C)C(OCCCO)CCC12. The molecule has 5 nitrogen and oxygen atoms in total. The predicted molar refractivity (Wildman–Crippen MR) is 110 cm³/mol. The maximum atomic E-state index is 11.3.